The molecule has 1 N–H and O–H groups in total. The molecule has 6 heteroatoms. The second-order valence-corrected chi connectivity index (χ2v) is 9.36. The zero-order valence-electron chi connectivity index (χ0n) is 18.5. The lowest BCUT2D eigenvalue weighted by molar-refractivity contribution is -0.140. The molecule has 3 aliphatic rings. The number of rotatable bonds is 6. The van der Waals surface area contributed by atoms with E-state index in [-0.39, 0.29) is 11.9 Å². The molecule has 0 spiro atoms. The second kappa shape index (κ2) is 10.4. The van der Waals surface area contributed by atoms with Crippen LogP contribution in [0.25, 0.3) is 0 Å². The highest BCUT2D eigenvalue weighted by molar-refractivity contribution is 6.38. The minimum absolute atomic E-state index is 0.100. The molecule has 2 heterocycles. The van der Waals surface area contributed by atoms with Crippen molar-refractivity contribution in [2.45, 2.75) is 82.8 Å². The lowest BCUT2D eigenvalue weighted by atomic mass is 9.95. The molecule has 1 aromatic carbocycles. The number of hydrogen-bond acceptors (Lipinski definition) is 4. The van der Waals surface area contributed by atoms with E-state index in [2.05, 4.69) is 10.2 Å². The monoisotopic (exact) mass is 425 g/mol. The highest BCUT2D eigenvalue weighted by Gasteiger charge is 2.38. The minimum Gasteiger partial charge on any atom is -0.347 e. The van der Waals surface area contributed by atoms with Crippen molar-refractivity contribution in [2.24, 2.45) is 0 Å². The zero-order valence-corrected chi connectivity index (χ0v) is 18.5. The van der Waals surface area contributed by atoms with Crippen molar-refractivity contribution in [1.82, 2.24) is 15.1 Å². The lowest BCUT2D eigenvalue weighted by Crippen LogP contribution is -2.49. The van der Waals surface area contributed by atoms with Crippen LogP contribution >= 0.6 is 0 Å². The SMILES string of the molecule is O=C(NC1CCCCC1)C(=O)C1CCCN1C(=O)c1ccc(CN2CCCCC2)cc1. The van der Waals surface area contributed by atoms with Gasteiger partial charge in [-0.15, -0.1) is 0 Å². The summed E-state index contributed by atoms with van der Waals surface area (Å²) >= 11 is 0. The number of likely N-dealkylation sites (tertiary alicyclic amines) is 2. The molecule has 6 nitrogen and oxygen atoms in total. The molecule has 0 radical (unpaired) electrons. The van der Waals surface area contributed by atoms with Gasteiger partial charge in [0.2, 0.25) is 5.78 Å². The van der Waals surface area contributed by atoms with E-state index in [1.807, 2.05) is 24.3 Å². The maximum atomic E-state index is 13.1. The van der Waals surface area contributed by atoms with Crippen molar-refractivity contribution >= 4 is 17.6 Å². The van der Waals surface area contributed by atoms with Crippen molar-refractivity contribution in [3.63, 3.8) is 0 Å². The number of Topliss-reactive ketones (excluding diaryl/α,β-unsaturated/α-hetero) is 1. The van der Waals surface area contributed by atoms with Gasteiger partial charge in [-0.3, -0.25) is 19.3 Å². The number of carbonyl (C=O) groups is 3. The predicted molar refractivity (Wildman–Crippen MR) is 120 cm³/mol. The van der Waals surface area contributed by atoms with E-state index in [1.165, 1.54) is 31.2 Å². The van der Waals surface area contributed by atoms with E-state index in [1.54, 1.807) is 4.90 Å². The third kappa shape index (κ3) is 5.53. The van der Waals surface area contributed by atoms with Crippen LogP contribution in [0.3, 0.4) is 0 Å². The van der Waals surface area contributed by atoms with Gasteiger partial charge in [0.05, 0.1) is 0 Å². The first-order valence-corrected chi connectivity index (χ1v) is 12.1. The minimum atomic E-state index is -0.635. The average molecular weight is 426 g/mol. The summed E-state index contributed by atoms with van der Waals surface area (Å²) < 4.78 is 0. The maximum Gasteiger partial charge on any atom is 0.289 e. The van der Waals surface area contributed by atoms with E-state index < -0.39 is 17.7 Å². The summed E-state index contributed by atoms with van der Waals surface area (Å²) in [7, 11) is 0. The first kappa shape index (κ1) is 22.0. The Hall–Kier alpha value is -2.21. The number of carbonyl (C=O) groups excluding carboxylic acids is 3. The van der Waals surface area contributed by atoms with E-state index in [4.69, 9.17) is 0 Å². The van der Waals surface area contributed by atoms with Crippen LogP contribution < -0.4 is 5.32 Å². The number of hydrogen-bond donors (Lipinski definition) is 1. The lowest BCUT2D eigenvalue weighted by Gasteiger charge is -2.27. The maximum absolute atomic E-state index is 13.1. The van der Waals surface area contributed by atoms with Crippen molar-refractivity contribution in [2.75, 3.05) is 19.6 Å². The zero-order chi connectivity index (χ0) is 21.6. The first-order chi connectivity index (χ1) is 15.1. The van der Waals surface area contributed by atoms with Crippen LogP contribution in [0.2, 0.25) is 0 Å². The predicted octanol–water partition coefficient (Wildman–Crippen LogP) is 3.30. The van der Waals surface area contributed by atoms with Crippen LogP contribution in [0.5, 0.6) is 0 Å². The van der Waals surface area contributed by atoms with Crippen molar-refractivity contribution in [3.8, 4) is 0 Å². The molecule has 168 valence electrons. The molecule has 1 aliphatic carbocycles. The quantitative estimate of drug-likeness (QED) is 0.710. The fourth-order valence-corrected chi connectivity index (χ4v) is 5.23. The molecule has 2 amide bonds. The normalized spacial score (nSPS) is 23.0. The average Bonchev–Trinajstić information content (AvgIpc) is 3.30. The number of piperidine rings is 1. The highest BCUT2D eigenvalue weighted by Crippen LogP contribution is 2.23. The van der Waals surface area contributed by atoms with Crippen LogP contribution in [0.1, 0.15) is 80.1 Å². The van der Waals surface area contributed by atoms with Gasteiger partial charge in [0.1, 0.15) is 6.04 Å². The molecule has 1 unspecified atom stereocenters. The molecule has 2 aliphatic heterocycles. The Morgan fingerprint density at radius 2 is 1.48 bits per heavy atom. The molecule has 3 fully saturated rings. The molecule has 4 rings (SSSR count). The van der Waals surface area contributed by atoms with Crippen molar-refractivity contribution in [1.29, 1.82) is 0 Å². The van der Waals surface area contributed by atoms with Gasteiger partial charge < -0.3 is 10.2 Å². The van der Waals surface area contributed by atoms with E-state index in [0.717, 1.165) is 51.7 Å². The van der Waals surface area contributed by atoms with E-state index in [0.29, 0.717) is 18.5 Å². The standard InChI is InChI=1S/C25H35N3O3/c29-23(24(30)26-21-8-3-1-4-9-21)22-10-7-17-28(22)25(31)20-13-11-19(12-14-20)18-27-15-5-2-6-16-27/h11-14,21-22H,1-10,15-18H2,(H,26,30). The summed E-state index contributed by atoms with van der Waals surface area (Å²) in [6, 6.07) is 7.23. The van der Waals surface area contributed by atoms with Gasteiger partial charge in [-0.1, -0.05) is 37.8 Å². The summed E-state index contributed by atoms with van der Waals surface area (Å²) in [4.78, 5) is 42.5. The topological polar surface area (TPSA) is 69.7 Å². The fraction of sp³-hybridized carbons (Fsp3) is 0.640. The van der Waals surface area contributed by atoms with Gasteiger partial charge in [0.25, 0.3) is 11.8 Å². The van der Waals surface area contributed by atoms with Crippen LogP contribution in [-0.4, -0.2) is 59.1 Å². The summed E-state index contributed by atoms with van der Waals surface area (Å²) in [5.74, 6) is -1.13. The van der Waals surface area contributed by atoms with E-state index in [9.17, 15) is 14.4 Å². The number of ketones is 1. The number of nitrogens with one attached hydrogen (secondary N) is 1. The molecule has 2 saturated heterocycles. The molecule has 31 heavy (non-hydrogen) atoms. The van der Waals surface area contributed by atoms with Crippen LogP contribution in [0.15, 0.2) is 24.3 Å². The fourth-order valence-electron chi connectivity index (χ4n) is 5.23. The number of amides is 2. The van der Waals surface area contributed by atoms with Gasteiger partial charge >= 0.3 is 0 Å². The molecule has 0 aromatic heterocycles. The van der Waals surface area contributed by atoms with Gasteiger partial charge in [-0.25, -0.2) is 0 Å². The van der Waals surface area contributed by atoms with Gasteiger partial charge in [0, 0.05) is 24.7 Å². The Morgan fingerprint density at radius 1 is 0.806 bits per heavy atom. The number of benzene rings is 1. The van der Waals surface area contributed by atoms with Gasteiger partial charge in [-0.2, -0.15) is 0 Å². The van der Waals surface area contributed by atoms with E-state index >= 15 is 0 Å². The van der Waals surface area contributed by atoms with Crippen molar-refractivity contribution < 1.29 is 14.4 Å². The van der Waals surface area contributed by atoms with Crippen molar-refractivity contribution in [3.05, 3.63) is 35.4 Å². The third-order valence-corrected chi connectivity index (χ3v) is 7.04. The molecule has 1 atom stereocenters. The van der Waals surface area contributed by atoms with Gasteiger partial charge in [0.15, 0.2) is 0 Å². The smallest absolute Gasteiger partial charge is 0.289 e. The Balaban J connectivity index is 1.35. The Labute approximate surface area is 185 Å². The molecular weight excluding hydrogens is 390 g/mol. The third-order valence-electron chi connectivity index (χ3n) is 7.04. The van der Waals surface area contributed by atoms with Gasteiger partial charge in [-0.05, 0) is 69.3 Å². The Kier molecular flexibility index (Phi) is 7.38. The second-order valence-electron chi connectivity index (χ2n) is 9.36. The molecule has 0 bridgehead atoms. The molecule has 1 saturated carbocycles. The summed E-state index contributed by atoms with van der Waals surface area (Å²) in [6.45, 7) is 3.73. The summed E-state index contributed by atoms with van der Waals surface area (Å²) in [5, 5.41) is 2.91. The number of nitrogens with zero attached hydrogens (tertiary/aromatic N) is 2. The molecule has 1 aromatic rings. The Morgan fingerprint density at radius 3 is 2.19 bits per heavy atom. The largest absolute Gasteiger partial charge is 0.347 e. The van der Waals surface area contributed by atoms with Crippen LogP contribution in [-0.2, 0) is 16.1 Å². The Bertz CT molecular complexity index is 780. The molecular formula is C25H35N3O3. The summed E-state index contributed by atoms with van der Waals surface area (Å²) in [5.41, 5.74) is 1.80. The highest BCUT2D eigenvalue weighted by atomic mass is 16.2. The van der Waals surface area contributed by atoms with Crippen LogP contribution in [0, 0.1) is 0 Å². The van der Waals surface area contributed by atoms with Crippen LogP contribution in [0.4, 0.5) is 0 Å². The summed E-state index contributed by atoms with van der Waals surface area (Å²) in [6.07, 6.45) is 10.4. The first-order valence-electron chi connectivity index (χ1n) is 12.1.